The highest BCUT2D eigenvalue weighted by atomic mass is 16.3. The number of rotatable bonds is 4. The van der Waals surface area contributed by atoms with Crippen molar-refractivity contribution in [3.63, 3.8) is 0 Å². The van der Waals surface area contributed by atoms with Gasteiger partial charge in [0, 0.05) is 18.8 Å². The molecule has 0 aromatic carbocycles. The number of anilines is 1. The van der Waals surface area contributed by atoms with Gasteiger partial charge < -0.3 is 10.4 Å². The fourth-order valence-electron chi connectivity index (χ4n) is 1.36. The van der Waals surface area contributed by atoms with Crippen molar-refractivity contribution in [1.82, 2.24) is 14.6 Å². The van der Waals surface area contributed by atoms with Crippen LogP contribution in [-0.4, -0.2) is 32.4 Å². The van der Waals surface area contributed by atoms with Crippen molar-refractivity contribution in [2.75, 3.05) is 11.9 Å². The van der Waals surface area contributed by atoms with Crippen LogP contribution < -0.4 is 5.32 Å². The lowest BCUT2D eigenvalue weighted by Gasteiger charge is -2.15. The standard InChI is InChI=1S/C11H16N4O/c1-8(2)9(16)7-12-10-4-6-15-11(14-10)3-5-13-15/h3-6,8-9,16H,7H2,1-2H3,(H,12,14). The van der Waals surface area contributed by atoms with Gasteiger partial charge in [0.25, 0.3) is 0 Å². The number of aliphatic hydroxyl groups excluding tert-OH is 1. The molecule has 0 saturated carbocycles. The molecule has 86 valence electrons. The average Bonchev–Trinajstić information content (AvgIpc) is 2.72. The van der Waals surface area contributed by atoms with Gasteiger partial charge in [-0.1, -0.05) is 13.8 Å². The maximum Gasteiger partial charge on any atom is 0.157 e. The molecule has 0 radical (unpaired) electrons. The van der Waals surface area contributed by atoms with E-state index < -0.39 is 0 Å². The highest BCUT2D eigenvalue weighted by Crippen LogP contribution is 2.07. The van der Waals surface area contributed by atoms with Crippen molar-refractivity contribution >= 4 is 11.5 Å². The zero-order valence-electron chi connectivity index (χ0n) is 9.46. The monoisotopic (exact) mass is 220 g/mol. The SMILES string of the molecule is CC(C)C(O)CNc1ccn2nccc2n1. The first-order chi connectivity index (χ1) is 7.66. The summed E-state index contributed by atoms with van der Waals surface area (Å²) >= 11 is 0. The third-order valence-electron chi connectivity index (χ3n) is 2.52. The average molecular weight is 220 g/mol. The van der Waals surface area contributed by atoms with Crippen molar-refractivity contribution < 1.29 is 5.11 Å². The molecular weight excluding hydrogens is 204 g/mol. The number of aliphatic hydroxyl groups is 1. The summed E-state index contributed by atoms with van der Waals surface area (Å²) in [5.41, 5.74) is 0.795. The summed E-state index contributed by atoms with van der Waals surface area (Å²) in [6.45, 7) is 4.48. The molecule has 0 aliphatic rings. The summed E-state index contributed by atoms with van der Waals surface area (Å²) in [7, 11) is 0. The van der Waals surface area contributed by atoms with Crippen LogP contribution in [0.25, 0.3) is 5.65 Å². The fraction of sp³-hybridized carbons (Fsp3) is 0.455. The molecule has 2 aromatic heterocycles. The van der Waals surface area contributed by atoms with Gasteiger partial charge in [0.15, 0.2) is 5.65 Å². The van der Waals surface area contributed by atoms with Gasteiger partial charge in [-0.2, -0.15) is 5.10 Å². The van der Waals surface area contributed by atoms with Gasteiger partial charge in [-0.05, 0) is 12.0 Å². The minimum absolute atomic E-state index is 0.242. The number of hydrogen-bond donors (Lipinski definition) is 2. The molecular formula is C11H16N4O. The number of aromatic nitrogens is 3. The van der Waals surface area contributed by atoms with Crippen LogP contribution in [0.2, 0.25) is 0 Å². The van der Waals surface area contributed by atoms with Gasteiger partial charge in [0.1, 0.15) is 5.82 Å². The van der Waals surface area contributed by atoms with Crippen LogP contribution in [0.1, 0.15) is 13.8 Å². The highest BCUT2D eigenvalue weighted by molar-refractivity contribution is 5.45. The summed E-state index contributed by atoms with van der Waals surface area (Å²) in [6.07, 6.45) is 3.18. The molecule has 0 bridgehead atoms. The molecule has 1 unspecified atom stereocenters. The summed E-state index contributed by atoms with van der Waals surface area (Å²) < 4.78 is 1.70. The molecule has 2 aromatic rings. The summed E-state index contributed by atoms with van der Waals surface area (Å²) in [5.74, 6) is 0.999. The number of nitrogens with zero attached hydrogens (tertiary/aromatic N) is 3. The smallest absolute Gasteiger partial charge is 0.157 e. The molecule has 0 spiro atoms. The zero-order chi connectivity index (χ0) is 11.5. The van der Waals surface area contributed by atoms with Crippen molar-refractivity contribution in [2.24, 2.45) is 5.92 Å². The first-order valence-corrected chi connectivity index (χ1v) is 5.39. The van der Waals surface area contributed by atoms with E-state index in [-0.39, 0.29) is 12.0 Å². The zero-order valence-corrected chi connectivity index (χ0v) is 9.46. The third-order valence-corrected chi connectivity index (χ3v) is 2.52. The molecule has 2 heterocycles. The Morgan fingerprint density at radius 1 is 1.44 bits per heavy atom. The Hall–Kier alpha value is -1.62. The van der Waals surface area contributed by atoms with Crippen molar-refractivity contribution in [3.8, 4) is 0 Å². The lowest BCUT2D eigenvalue weighted by Crippen LogP contribution is -2.25. The number of nitrogens with one attached hydrogen (secondary N) is 1. The Bertz CT molecular complexity index is 466. The predicted molar refractivity (Wildman–Crippen MR) is 62.3 cm³/mol. The second kappa shape index (κ2) is 4.49. The first kappa shape index (κ1) is 10.9. The fourth-order valence-corrected chi connectivity index (χ4v) is 1.36. The van der Waals surface area contributed by atoms with Crippen LogP contribution in [0.15, 0.2) is 24.5 Å². The minimum Gasteiger partial charge on any atom is -0.391 e. The second-order valence-electron chi connectivity index (χ2n) is 4.14. The Balaban J connectivity index is 2.04. The van der Waals surface area contributed by atoms with Crippen LogP contribution >= 0.6 is 0 Å². The van der Waals surface area contributed by atoms with E-state index >= 15 is 0 Å². The first-order valence-electron chi connectivity index (χ1n) is 5.39. The second-order valence-corrected chi connectivity index (χ2v) is 4.14. The van der Waals surface area contributed by atoms with Gasteiger partial charge in [-0.3, -0.25) is 0 Å². The van der Waals surface area contributed by atoms with E-state index in [0.717, 1.165) is 11.5 Å². The van der Waals surface area contributed by atoms with E-state index in [1.165, 1.54) is 0 Å². The van der Waals surface area contributed by atoms with Crippen LogP contribution in [-0.2, 0) is 0 Å². The van der Waals surface area contributed by atoms with Crippen molar-refractivity contribution in [2.45, 2.75) is 20.0 Å². The molecule has 5 heteroatoms. The van der Waals surface area contributed by atoms with Crippen molar-refractivity contribution in [3.05, 3.63) is 24.5 Å². The number of hydrogen-bond acceptors (Lipinski definition) is 4. The van der Waals surface area contributed by atoms with Gasteiger partial charge in [-0.15, -0.1) is 0 Å². The van der Waals surface area contributed by atoms with Crippen molar-refractivity contribution in [1.29, 1.82) is 0 Å². The van der Waals surface area contributed by atoms with E-state index in [1.807, 2.05) is 32.2 Å². The van der Waals surface area contributed by atoms with Gasteiger partial charge >= 0.3 is 0 Å². The van der Waals surface area contributed by atoms with E-state index in [0.29, 0.717) is 6.54 Å². The molecule has 1 atom stereocenters. The summed E-state index contributed by atoms with van der Waals surface area (Å²) in [6, 6.07) is 3.68. The van der Waals surface area contributed by atoms with Gasteiger partial charge in [0.2, 0.25) is 0 Å². The van der Waals surface area contributed by atoms with Crippen LogP contribution in [0.4, 0.5) is 5.82 Å². The Morgan fingerprint density at radius 3 is 3.00 bits per heavy atom. The van der Waals surface area contributed by atoms with E-state index in [4.69, 9.17) is 0 Å². The Morgan fingerprint density at radius 2 is 2.25 bits per heavy atom. The molecule has 2 rings (SSSR count). The largest absolute Gasteiger partial charge is 0.391 e. The molecule has 16 heavy (non-hydrogen) atoms. The van der Waals surface area contributed by atoms with Crippen LogP contribution in [0.3, 0.4) is 0 Å². The molecule has 0 aliphatic heterocycles. The van der Waals surface area contributed by atoms with Gasteiger partial charge in [-0.25, -0.2) is 9.50 Å². The molecule has 5 nitrogen and oxygen atoms in total. The maximum absolute atomic E-state index is 9.65. The third kappa shape index (κ3) is 2.30. The lowest BCUT2D eigenvalue weighted by atomic mass is 10.1. The predicted octanol–water partition coefficient (Wildman–Crippen LogP) is 1.16. The maximum atomic E-state index is 9.65. The Labute approximate surface area is 94.1 Å². The van der Waals surface area contributed by atoms with Gasteiger partial charge in [0.05, 0.1) is 12.3 Å². The van der Waals surface area contributed by atoms with E-state index in [9.17, 15) is 5.11 Å². The molecule has 2 N–H and O–H groups in total. The lowest BCUT2D eigenvalue weighted by molar-refractivity contribution is 0.138. The van der Waals surface area contributed by atoms with E-state index in [2.05, 4.69) is 15.4 Å². The minimum atomic E-state index is -0.358. The molecule has 0 amide bonds. The van der Waals surface area contributed by atoms with E-state index in [1.54, 1.807) is 10.7 Å². The quantitative estimate of drug-likeness (QED) is 0.811. The molecule has 0 fully saturated rings. The normalized spacial score (nSPS) is 13.2. The summed E-state index contributed by atoms with van der Waals surface area (Å²) in [4.78, 5) is 4.34. The highest BCUT2D eigenvalue weighted by Gasteiger charge is 2.08. The molecule has 0 aliphatic carbocycles. The summed E-state index contributed by atoms with van der Waals surface area (Å²) in [5, 5.41) is 16.8. The van der Waals surface area contributed by atoms with Crippen LogP contribution in [0, 0.1) is 5.92 Å². The van der Waals surface area contributed by atoms with Crippen LogP contribution in [0.5, 0.6) is 0 Å². The topological polar surface area (TPSA) is 62.5 Å². The Kier molecular flexibility index (Phi) is 3.05. The number of fused-ring (bicyclic) bond motifs is 1. The molecule has 0 saturated heterocycles.